The fourth-order valence-electron chi connectivity index (χ4n) is 2.94. The highest BCUT2D eigenvalue weighted by atomic mass is 16.3. The Bertz CT molecular complexity index is 677. The van der Waals surface area contributed by atoms with E-state index in [1.165, 1.54) is 6.26 Å². The molecule has 0 radical (unpaired) electrons. The van der Waals surface area contributed by atoms with Crippen LogP contribution in [0.25, 0.3) is 11.0 Å². The number of ketones is 1. The molecule has 1 unspecified atom stereocenters. The van der Waals surface area contributed by atoms with E-state index in [1.54, 1.807) is 7.05 Å². The predicted molar refractivity (Wildman–Crippen MR) is 79.2 cm³/mol. The van der Waals surface area contributed by atoms with Crippen LogP contribution < -0.4 is 5.32 Å². The normalized spacial score (nSPS) is 19.0. The fraction of sp³-hybridized carbons (Fsp3) is 0.375. The van der Waals surface area contributed by atoms with Crippen molar-refractivity contribution in [2.75, 3.05) is 20.1 Å². The number of likely N-dealkylation sites (N-methyl/N-ethyl adjacent to an activating group) is 1. The van der Waals surface area contributed by atoms with Gasteiger partial charge >= 0.3 is 0 Å². The van der Waals surface area contributed by atoms with E-state index in [1.807, 2.05) is 29.2 Å². The minimum atomic E-state index is -0.197. The Hall–Kier alpha value is -2.14. The maximum absolute atomic E-state index is 12.5. The number of carbonyl (C=O) groups excluding carboxylic acids is 2. The number of amides is 1. The summed E-state index contributed by atoms with van der Waals surface area (Å²) in [5.41, 5.74) is 1.30. The zero-order chi connectivity index (χ0) is 14.8. The third kappa shape index (κ3) is 2.56. The van der Waals surface area contributed by atoms with Crippen molar-refractivity contribution in [1.29, 1.82) is 0 Å². The maximum atomic E-state index is 12.5. The highest BCUT2D eigenvalue weighted by Gasteiger charge is 2.31. The molecule has 5 nitrogen and oxygen atoms in total. The molecule has 1 N–H and O–H groups in total. The Morgan fingerprint density at radius 1 is 1.38 bits per heavy atom. The van der Waals surface area contributed by atoms with Gasteiger partial charge in [0.1, 0.15) is 11.8 Å². The molecule has 3 rings (SSSR count). The van der Waals surface area contributed by atoms with Gasteiger partial charge in [0.05, 0.1) is 18.2 Å². The summed E-state index contributed by atoms with van der Waals surface area (Å²) in [7, 11) is 1.63. The first-order valence-electron chi connectivity index (χ1n) is 7.16. The summed E-state index contributed by atoms with van der Waals surface area (Å²) < 4.78 is 5.41. The Kier molecular flexibility index (Phi) is 3.75. The summed E-state index contributed by atoms with van der Waals surface area (Å²) in [5.74, 6) is -0.0203. The second-order valence-electron chi connectivity index (χ2n) is 5.31. The molecule has 1 aromatic carbocycles. The van der Waals surface area contributed by atoms with Crippen LogP contribution in [-0.2, 0) is 4.79 Å². The van der Waals surface area contributed by atoms with Gasteiger partial charge < -0.3 is 9.73 Å². The average molecular weight is 286 g/mol. The van der Waals surface area contributed by atoms with Gasteiger partial charge in [-0.15, -0.1) is 0 Å². The van der Waals surface area contributed by atoms with Crippen LogP contribution >= 0.6 is 0 Å². The van der Waals surface area contributed by atoms with E-state index in [2.05, 4.69) is 5.32 Å². The Balaban J connectivity index is 1.78. The number of furan rings is 1. The van der Waals surface area contributed by atoms with Gasteiger partial charge in [0, 0.05) is 12.4 Å². The molecule has 1 aromatic heterocycles. The van der Waals surface area contributed by atoms with E-state index in [9.17, 15) is 9.59 Å². The monoisotopic (exact) mass is 286 g/mol. The average Bonchev–Trinajstić information content (AvgIpc) is 3.12. The van der Waals surface area contributed by atoms with Crippen LogP contribution in [0.5, 0.6) is 0 Å². The second-order valence-corrected chi connectivity index (χ2v) is 5.31. The summed E-state index contributed by atoms with van der Waals surface area (Å²) in [5, 5.41) is 3.50. The van der Waals surface area contributed by atoms with Crippen molar-refractivity contribution in [3.8, 4) is 0 Å². The van der Waals surface area contributed by atoms with Crippen molar-refractivity contribution in [3.05, 3.63) is 36.1 Å². The smallest absolute Gasteiger partial charge is 0.237 e. The van der Waals surface area contributed by atoms with Crippen LogP contribution in [0.4, 0.5) is 0 Å². The standard InChI is InChI=1S/C16H18N2O3/c1-17-16(20)13-6-4-8-18(13)9-14(19)12-10-21-15-7-3-2-5-11(12)15/h2-3,5,7,10,13H,4,6,8-9H2,1H3,(H,17,20). The molecule has 1 saturated heterocycles. The van der Waals surface area contributed by atoms with Gasteiger partial charge in [-0.05, 0) is 25.5 Å². The van der Waals surface area contributed by atoms with Crippen LogP contribution in [0.2, 0.25) is 0 Å². The number of carbonyl (C=O) groups is 2. The third-order valence-corrected chi connectivity index (χ3v) is 4.04. The van der Waals surface area contributed by atoms with Gasteiger partial charge in [0.15, 0.2) is 5.78 Å². The molecule has 1 aliphatic heterocycles. The zero-order valence-corrected chi connectivity index (χ0v) is 12.0. The largest absolute Gasteiger partial charge is 0.464 e. The summed E-state index contributed by atoms with van der Waals surface area (Å²) in [4.78, 5) is 26.3. The number of likely N-dealkylation sites (tertiary alicyclic amines) is 1. The van der Waals surface area contributed by atoms with Gasteiger partial charge in [0.25, 0.3) is 0 Å². The van der Waals surface area contributed by atoms with E-state index in [0.717, 1.165) is 24.8 Å². The van der Waals surface area contributed by atoms with Crippen LogP contribution in [0, 0.1) is 0 Å². The van der Waals surface area contributed by atoms with E-state index in [0.29, 0.717) is 11.1 Å². The first kappa shape index (κ1) is 13.8. The van der Waals surface area contributed by atoms with Crippen molar-refractivity contribution in [3.63, 3.8) is 0 Å². The number of Topliss-reactive ketones (excluding diaryl/α,β-unsaturated/α-hetero) is 1. The van der Waals surface area contributed by atoms with E-state index in [4.69, 9.17) is 4.42 Å². The summed E-state index contributed by atoms with van der Waals surface area (Å²) >= 11 is 0. The van der Waals surface area contributed by atoms with Crippen molar-refractivity contribution in [2.45, 2.75) is 18.9 Å². The Labute approximate surface area is 122 Å². The summed E-state index contributed by atoms with van der Waals surface area (Å²) in [6.45, 7) is 1.03. The highest BCUT2D eigenvalue weighted by Crippen LogP contribution is 2.23. The molecule has 1 aliphatic rings. The summed E-state index contributed by atoms with van der Waals surface area (Å²) in [6, 6.07) is 7.29. The molecule has 1 atom stereocenters. The molecule has 0 spiro atoms. The first-order valence-corrected chi connectivity index (χ1v) is 7.16. The first-order chi connectivity index (χ1) is 10.2. The molecular weight excluding hydrogens is 268 g/mol. The van der Waals surface area contributed by atoms with Crippen molar-refractivity contribution >= 4 is 22.7 Å². The number of rotatable bonds is 4. The quantitative estimate of drug-likeness (QED) is 0.871. The molecule has 21 heavy (non-hydrogen) atoms. The zero-order valence-electron chi connectivity index (χ0n) is 12.0. The van der Waals surface area contributed by atoms with Gasteiger partial charge in [-0.3, -0.25) is 14.5 Å². The number of benzene rings is 1. The maximum Gasteiger partial charge on any atom is 0.237 e. The topological polar surface area (TPSA) is 62.6 Å². The fourth-order valence-corrected chi connectivity index (χ4v) is 2.94. The van der Waals surface area contributed by atoms with Gasteiger partial charge in [0.2, 0.25) is 5.91 Å². The van der Waals surface area contributed by atoms with Crippen molar-refractivity contribution in [1.82, 2.24) is 10.2 Å². The lowest BCUT2D eigenvalue weighted by molar-refractivity contribution is -0.124. The van der Waals surface area contributed by atoms with Gasteiger partial charge in [-0.25, -0.2) is 0 Å². The molecular formula is C16H18N2O3. The lowest BCUT2D eigenvalue weighted by atomic mass is 10.1. The predicted octanol–water partition coefficient (Wildman–Crippen LogP) is 1.83. The van der Waals surface area contributed by atoms with E-state index >= 15 is 0 Å². The molecule has 110 valence electrons. The molecule has 5 heteroatoms. The molecule has 2 aromatic rings. The lowest BCUT2D eigenvalue weighted by Gasteiger charge is -2.21. The molecule has 1 amide bonds. The minimum Gasteiger partial charge on any atom is -0.464 e. The number of nitrogens with one attached hydrogen (secondary N) is 1. The Morgan fingerprint density at radius 2 is 2.19 bits per heavy atom. The molecule has 0 saturated carbocycles. The van der Waals surface area contributed by atoms with Crippen LogP contribution in [0.15, 0.2) is 34.9 Å². The highest BCUT2D eigenvalue weighted by molar-refractivity contribution is 6.08. The van der Waals surface area contributed by atoms with Crippen LogP contribution in [0.1, 0.15) is 23.2 Å². The van der Waals surface area contributed by atoms with Crippen molar-refractivity contribution in [2.24, 2.45) is 0 Å². The number of hydrogen-bond donors (Lipinski definition) is 1. The van der Waals surface area contributed by atoms with Crippen molar-refractivity contribution < 1.29 is 14.0 Å². The van der Waals surface area contributed by atoms with Gasteiger partial charge in [-0.1, -0.05) is 18.2 Å². The number of nitrogens with zero attached hydrogens (tertiary/aromatic N) is 1. The van der Waals surface area contributed by atoms with Crippen LogP contribution in [0.3, 0.4) is 0 Å². The molecule has 1 fully saturated rings. The van der Waals surface area contributed by atoms with Gasteiger partial charge in [-0.2, -0.15) is 0 Å². The molecule has 0 bridgehead atoms. The SMILES string of the molecule is CNC(=O)C1CCCN1CC(=O)c1coc2ccccc12. The lowest BCUT2D eigenvalue weighted by Crippen LogP contribution is -2.43. The number of fused-ring (bicyclic) bond motifs is 1. The summed E-state index contributed by atoms with van der Waals surface area (Å²) in [6.07, 6.45) is 3.26. The third-order valence-electron chi connectivity index (χ3n) is 4.04. The minimum absolute atomic E-state index is 0.00393. The van der Waals surface area contributed by atoms with E-state index < -0.39 is 0 Å². The molecule has 2 heterocycles. The number of hydrogen-bond acceptors (Lipinski definition) is 4. The van der Waals surface area contributed by atoms with Crippen LogP contribution in [-0.4, -0.2) is 42.8 Å². The number of para-hydroxylation sites is 1. The molecule has 0 aliphatic carbocycles. The Morgan fingerprint density at radius 3 is 3.00 bits per heavy atom. The second kappa shape index (κ2) is 5.69. The van der Waals surface area contributed by atoms with E-state index in [-0.39, 0.29) is 24.3 Å².